The molecule has 11 aromatic carbocycles. The van der Waals surface area contributed by atoms with Gasteiger partial charge < -0.3 is 28.1 Å². The van der Waals surface area contributed by atoms with Crippen molar-refractivity contribution < 1.29 is 18.3 Å². The van der Waals surface area contributed by atoms with Gasteiger partial charge in [0.25, 0.3) is 6.71 Å². The molecule has 15 rings (SSSR count). The van der Waals surface area contributed by atoms with E-state index in [0.717, 1.165) is 134 Å². The number of anilines is 6. The first-order valence-corrected chi connectivity index (χ1v) is 24.0. The van der Waals surface area contributed by atoms with Crippen molar-refractivity contribution in [1.29, 1.82) is 0 Å². The van der Waals surface area contributed by atoms with Gasteiger partial charge in [0.2, 0.25) is 0 Å². The van der Waals surface area contributed by atoms with Crippen LogP contribution in [0, 0.1) is 0 Å². The fourth-order valence-electron chi connectivity index (χ4n) is 11.1. The monoisotopic (exact) mass is 910 g/mol. The molecule has 0 radical (unpaired) electrons. The topological polar surface area (TPSA) is 51.2 Å². The van der Waals surface area contributed by atoms with Crippen LogP contribution in [0.1, 0.15) is 0 Å². The van der Waals surface area contributed by atoms with Crippen LogP contribution < -0.4 is 35.7 Å². The van der Waals surface area contributed by atoms with Crippen molar-refractivity contribution in [2.75, 3.05) is 9.80 Å². The van der Waals surface area contributed by atoms with Crippen molar-refractivity contribution in [3.63, 3.8) is 0 Å². The zero-order valence-electron chi connectivity index (χ0n) is 38.1. The van der Waals surface area contributed by atoms with E-state index in [-0.39, 0.29) is 6.71 Å². The van der Waals surface area contributed by atoms with Gasteiger partial charge in [-0.2, -0.15) is 0 Å². The van der Waals surface area contributed by atoms with Gasteiger partial charge in [-0.25, -0.2) is 0 Å². The fraction of sp³-hybridized carbons (Fsp3) is 0. The van der Waals surface area contributed by atoms with Gasteiger partial charge in [-0.1, -0.05) is 127 Å². The molecule has 332 valence electrons. The maximum atomic E-state index is 7.19. The van der Waals surface area contributed by atoms with E-state index >= 15 is 0 Å². The molecule has 2 aliphatic rings. The van der Waals surface area contributed by atoms with E-state index in [4.69, 9.17) is 18.3 Å². The smallest absolute Gasteiger partial charge is 0.260 e. The Labute approximate surface area is 408 Å². The number of para-hydroxylation sites is 4. The molecule has 7 heteroatoms. The predicted molar refractivity (Wildman–Crippen MR) is 291 cm³/mol. The molecule has 0 unspecified atom stereocenters. The second kappa shape index (κ2) is 15.5. The molecule has 0 aliphatic carbocycles. The highest BCUT2D eigenvalue weighted by Gasteiger charge is 2.41. The maximum absolute atomic E-state index is 7.19. The normalized spacial score (nSPS) is 12.4. The highest BCUT2D eigenvalue weighted by atomic mass is 16.5. The molecule has 0 saturated carbocycles. The van der Waals surface area contributed by atoms with Crippen molar-refractivity contribution in [1.82, 2.24) is 0 Å². The minimum absolute atomic E-state index is 0.171. The molecule has 4 heterocycles. The summed E-state index contributed by atoms with van der Waals surface area (Å²) in [6.07, 6.45) is 0. The van der Waals surface area contributed by atoms with Crippen LogP contribution in [0.2, 0.25) is 0 Å². The van der Waals surface area contributed by atoms with E-state index in [1.807, 2.05) is 24.3 Å². The summed E-state index contributed by atoms with van der Waals surface area (Å²) in [5.74, 6) is 3.14. The Morgan fingerprint density at radius 2 is 0.732 bits per heavy atom. The van der Waals surface area contributed by atoms with Crippen LogP contribution in [0.4, 0.5) is 34.1 Å². The molecule has 0 amide bonds. The molecule has 0 atom stereocenters. The Balaban J connectivity index is 0.911. The highest BCUT2D eigenvalue weighted by Crippen LogP contribution is 2.46. The van der Waals surface area contributed by atoms with Crippen molar-refractivity contribution in [3.8, 4) is 34.1 Å². The number of benzene rings is 11. The molecular weight excluding hydrogens is 872 g/mol. The summed E-state index contributed by atoms with van der Waals surface area (Å²) in [6.45, 7) is -0.171. The largest absolute Gasteiger partial charge is 0.458 e. The van der Waals surface area contributed by atoms with E-state index in [1.165, 1.54) is 5.39 Å². The van der Waals surface area contributed by atoms with E-state index in [0.29, 0.717) is 0 Å². The number of furan rings is 2. The molecule has 0 spiro atoms. The van der Waals surface area contributed by atoms with E-state index < -0.39 is 0 Å². The van der Waals surface area contributed by atoms with Gasteiger partial charge in [-0.3, -0.25) is 0 Å². The number of fused-ring (bicyclic) bond motifs is 11. The first-order chi connectivity index (χ1) is 35.2. The summed E-state index contributed by atoms with van der Waals surface area (Å²) < 4.78 is 26.9. The lowest BCUT2D eigenvalue weighted by molar-refractivity contribution is 0.465. The van der Waals surface area contributed by atoms with Crippen molar-refractivity contribution in [3.05, 3.63) is 237 Å². The lowest BCUT2D eigenvalue weighted by Crippen LogP contribution is -2.57. The van der Waals surface area contributed by atoms with Gasteiger partial charge in [0.1, 0.15) is 45.3 Å². The van der Waals surface area contributed by atoms with Crippen LogP contribution in [-0.4, -0.2) is 6.71 Å². The molecule has 0 N–H and O–H groups in total. The Morgan fingerprint density at radius 1 is 0.296 bits per heavy atom. The highest BCUT2D eigenvalue weighted by molar-refractivity contribution is 6.98. The summed E-state index contributed by atoms with van der Waals surface area (Å²) in [5.41, 5.74) is 14.8. The van der Waals surface area contributed by atoms with Gasteiger partial charge in [-0.05, 0) is 130 Å². The predicted octanol–water partition coefficient (Wildman–Crippen LogP) is 16.0. The average molecular weight is 911 g/mol. The summed E-state index contributed by atoms with van der Waals surface area (Å²) in [6, 6.07) is 83.1. The van der Waals surface area contributed by atoms with Gasteiger partial charge in [0, 0.05) is 73.3 Å². The molecular formula is C64H39BN2O4. The van der Waals surface area contributed by atoms with Gasteiger partial charge in [0.05, 0.1) is 0 Å². The summed E-state index contributed by atoms with van der Waals surface area (Å²) in [5, 5.41) is 6.64. The van der Waals surface area contributed by atoms with Crippen LogP contribution in [0.3, 0.4) is 0 Å². The number of hydrogen-bond donors (Lipinski definition) is 0. The van der Waals surface area contributed by atoms with E-state index in [2.05, 4.69) is 222 Å². The van der Waals surface area contributed by atoms with Crippen molar-refractivity contribution in [2.45, 2.75) is 0 Å². The first kappa shape index (κ1) is 39.5. The number of hydrogen-bond acceptors (Lipinski definition) is 6. The zero-order chi connectivity index (χ0) is 46.6. The molecule has 2 aromatic heterocycles. The maximum Gasteiger partial charge on any atom is 0.260 e. The van der Waals surface area contributed by atoms with Crippen LogP contribution in [-0.2, 0) is 0 Å². The van der Waals surface area contributed by atoms with Crippen LogP contribution in [0.15, 0.2) is 245 Å². The molecule has 6 nitrogen and oxygen atoms in total. The lowest BCUT2D eigenvalue weighted by Gasteiger charge is -2.35. The van der Waals surface area contributed by atoms with Crippen LogP contribution in [0.5, 0.6) is 23.0 Å². The fourth-order valence-corrected chi connectivity index (χ4v) is 11.1. The number of rotatable bonds is 7. The lowest BCUT2D eigenvalue weighted by atomic mass is 9.35. The second-order valence-electron chi connectivity index (χ2n) is 18.4. The van der Waals surface area contributed by atoms with Crippen molar-refractivity contribution >= 4 is 112 Å². The molecule has 2 aliphatic heterocycles. The number of nitrogens with zero attached hydrogens (tertiary/aromatic N) is 2. The Bertz CT molecular complexity index is 4040. The number of ether oxygens (including phenoxy) is 2. The molecule has 71 heavy (non-hydrogen) atoms. The Kier molecular flexibility index (Phi) is 8.65. The summed E-state index contributed by atoms with van der Waals surface area (Å²) >= 11 is 0. The summed E-state index contributed by atoms with van der Waals surface area (Å²) in [7, 11) is 0. The summed E-state index contributed by atoms with van der Waals surface area (Å²) in [4.78, 5) is 4.59. The second-order valence-corrected chi connectivity index (χ2v) is 18.4. The van der Waals surface area contributed by atoms with Gasteiger partial charge in [0.15, 0.2) is 0 Å². The third kappa shape index (κ3) is 6.30. The van der Waals surface area contributed by atoms with Crippen LogP contribution in [0.25, 0.3) is 65.8 Å². The van der Waals surface area contributed by atoms with E-state index in [1.54, 1.807) is 0 Å². The van der Waals surface area contributed by atoms with Crippen LogP contribution >= 0.6 is 0 Å². The molecule has 0 bridgehead atoms. The third-order valence-corrected chi connectivity index (χ3v) is 14.3. The SMILES string of the molecule is c1ccc(N(c2ccc3c(c2)Oc2cc(-c4cccc5ccccc45)cc4c2B3c2ccc(N(c3ccccc3)c3ccc5oc6ccccc6c5c3)cc2O4)c2ccc3oc4ccccc4c3c2)cc1. The standard InChI is InChI=1S/C64H39BN2O4/c1-3-16-42(17-4-1)66(44-28-32-58-52(36-44)50-21-9-11-24-56(50)68-58)46-26-30-54-60(38-46)70-62-34-41(49-23-13-15-40-14-7-8-20-48(40)49)35-63-64(62)65(54)55-31-27-47(39-61(55)71-63)67(43-18-5-2-6-19-43)45-29-33-59-53(37-45)51-22-10-12-25-57(51)69-59/h1-39H. The first-order valence-electron chi connectivity index (χ1n) is 24.0. The van der Waals surface area contributed by atoms with Gasteiger partial charge in [-0.15, -0.1) is 0 Å². The molecule has 0 fully saturated rings. The van der Waals surface area contributed by atoms with Crippen molar-refractivity contribution in [2.24, 2.45) is 0 Å². The quantitative estimate of drug-likeness (QED) is 0.149. The Hall–Kier alpha value is -9.46. The Morgan fingerprint density at radius 3 is 1.28 bits per heavy atom. The van der Waals surface area contributed by atoms with E-state index in [9.17, 15) is 0 Å². The average Bonchev–Trinajstić information content (AvgIpc) is 3.99. The van der Waals surface area contributed by atoms with Gasteiger partial charge >= 0.3 is 0 Å². The third-order valence-electron chi connectivity index (χ3n) is 14.3. The molecule has 13 aromatic rings. The molecule has 0 saturated heterocycles. The minimum atomic E-state index is -0.171. The minimum Gasteiger partial charge on any atom is -0.458 e. The zero-order valence-corrected chi connectivity index (χ0v) is 38.1.